The van der Waals surface area contributed by atoms with Crippen molar-refractivity contribution in [2.24, 2.45) is 10.8 Å². The van der Waals surface area contributed by atoms with Gasteiger partial charge in [-0.25, -0.2) is 4.39 Å². The molecule has 3 nitrogen and oxygen atoms in total. The van der Waals surface area contributed by atoms with Gasteiger partial charge in [-0.2, -0.15) is 5.10 Å². The first kappa shape index (κ1) is 10.1. The molecule has 1 aromatic rings. The zero-order chi connectivity index (χ0) is 10.8. The van der Waals surface area contributed by atoms with Gasteiger partial charge in [-0.15, -0.1) is 0 Å². The number of hydrazone groups is 1. The third kappa shape index (κ3) is 1.85. The first-order valence-corrected chi connectivity index (χ1v) is 4.96. The highest BCUT2D eigenvalue weighted by Crippen LogP contribution is 2.30. The van der Waals surface area contributed by atoms with Gasteiger partial charge in [0, 0.05) is 25.6 Å². The minimum Gasteiger partial charge on any atom is -0.325 e. The van der Waals surface area contributed by atoms with Crippen LogP contribution in [0, 0.1) is 5.82 Å². The number of nitrogens with two attached hydrogens (primary N) is 1. The molecule has 0 saturated carbocycles. The van der Waals surface area contributed by atoms with E-state index in [0.717, 1.165) is 5.71 Å². The van der Waals surface area contributed by atoms with E-state index in [1.807, 2.05) is 13.1 Å². The van der Waals surface area contributed by atoms with E-state index in [9.17, 15) is 4.39 Å². The van der Waals surface area contributed by atoms with Gasteiger partial charge in [0.05, 0.1) is 11.8 Å². The lowest BCUT2D eigenvalue weighted by molar-refractivity contribution is 0.283. The van der Waals surface area contributed by atoms with Crippen LogP contribution in [0.25, 0.3) is 0 Å². The Bertz CT molecular complexity index is 389. The summed E-state index contributed by atoms with van der Waals surface area (Å²) >= 11 is 0. The van der Waals surface area contributed by atoms with Crippen LogP contribution >= 0.6 is 0 Å². The second-order valence-corrected chi connectivity index (χ2v) is 3.69. The first-order valence-electron chi connectivity index (χ1n) is 4.96. The van der Waals surface area contributed by atoms with Crippen molar-refractivity contribution in [1.82, 2.24) is 5.01 Å². The van der Waals surface area contributed by atoms with Crippen LogP contribution in [-0.4, -0.2) is 24.3 Å². The molecule has 0 saturated heterocycles. The van der Waals surface area contributed by atoms with Gasteiger partial charge in [-0.3, -0.25) is 5.01 Å². The fourth-order valence-corrected chi connectivity index (χ4v) is 1.87. The molecule has 15 heavy (non-hydrogen) atoms. The molecule has 1 atom stereocenters. The van der Waals surface area contributed by atoms with E-state index in [2.05, 4.69) is 5.10 Å². The molecule has 0 aromatic heterocycles. The number of hydrogen-bond acceptors (Lipinski definition) is 3. The minimum absolute atomic E-state index is 0.00949. The fraction of sp³-hybridized carbons (Fsp3) is 0.364. The van der Waals surface area contributed by atoms with E-state index in [1.165, 1.54) is 6.07 Å². The van der Waals surface area contributed by atoms with Crippen molar-refractivity contribution >= 4 is 5.71 Å². The van der Waals surface area contributed by atoms with Crippen LogP contribution in [-0.2, 0) is 0 Å². The summed E-state index contributed by atoms with van der Waals surface area (Å²) in [6, 6.07) is 6.80. The first-order chi connectivity index (χ1) is 7.22. The van der Waals surface area contributed by atoms with Crippen molar-refractivity contribution in [3.63, 3.8) is 0 Å². The average molecular weight is 207 g/mol. The Kier molecular flexibility index (Phi) is 2.68. The molecular formula is C11H14FN3. The number of rotatable bonds is 2. The predicted molar refractivity (Wildman–Crippen MR) is 58.0 cm³/mol. The second kappa shape index (κ2) is 3.98. The maximum absolute atomic E-state index is 13.5. The lowest BCUT2D eigenvalue weighted by Crippen LogP contribution is -2.16. The zero-order valence-corrected chi connectivity index (χ0v) is 8.65. The summed E-state index contributed by atoms with van der Waals surface area (Å²) in [6.07, 6.45) is 0.716. The van der Waals surface area contributed by atoms with Gasteiger partial charge >= 0.3 is 0 Å². The Morgan fingerprint density at radius 1 is 1.53 bits per heavy atom. The molecule has 0 radical (unpaired) electrons. The molecule has 0 aliphatic carbocycles. The standard InChI is InChI=1S/C11H14FN3/c1-15-11(6-8(7-13)14-15)9-4-2-3-5-10(9)12/h2-5,11H,6-7,13H2,1H3. The summed E-state index contributed by atoms with van der Waals surface area (Å²) in [7, 11) is 1.85. The summed E-state index contributed by atoms with van der Waals surface area (Å²) in [4.78, 5) is 0. The van der Waals surface area contributed by atoms with Crippen molar-refractivity contribution in [2.45, 2.75) is 12.5 Å². The smallest absolute Gasteiger partial charge is 0.128 e. The van der Waals surface area contributed by atoms with Crippen LogP contribution in [0.1, 0.15) is 18.0 Å². The second-order valence-electron chi connectivity index (χ2n) is 3.69. The molecule has 1 aliphatic rings. The minimum atomic E-state index is -0.178. The molecule has 80 valence electrons. The Morgan fingerprint density at radius 3 is 2.87 bits per heavy atom. The number of halogens is 1. The molecule has 1 unspecified atom stereocenters. The molecule has 0 bridgehead atoms. The van der Waals surface area contributed by atoms with Gasteiger partial charge in [0.25, 0.3) is 0 Å². The summed E-state index contributed by atoms with van der Waals surface area (Å²) in [6.45, 7) is 0.440. The molecule has 0 fully saturated rings. The number of nitrogens with zero attached hydrogens (tertiary/aromatic N) is 2. The maximum Gasteiger partial charge on any atom is 0.128 e. The van der Waals surface area contributed by atoms with E-state index in [-0.39, 0.29) is 11.9 Å². The van der Waals surface area contributed by atoms with E-state index >= 15 is 0 Å². The highest BCUT2D eigenvalue weighted by molar-refractivity contribution is 5.88. The highest BCUT2D eigenvalue weighted by atomic mass is 19.1. The van der Waals surface area contributed by atoms with Crippen molar-refractivity contribution < 1.29 is 4.39 Å². The largest absolute Gasteiger partial charge is 0.325 e. The Labute approximate surface area is 88.4 Å². The number of hydrogen-bond donors (Lipinski definition) is 1. The van der Waals surface area contributed by atoms with Crippen molar-refractivity contribution in [3.05, 3.63) is 35.6 Å². The van der Waals surface area contributed by atoms with Crippen LogP contribution in [0.5, 0.6) is 0 Å². The fourth-order valence-electron chi connectivity index (χ4n) is 1.87. The van der Waals surface area contributed by atoms with Gasteiger partial charge in [-0.05, 0) is 6.07 Å². The van der Waals surface area contributed by atoms with E-state index < -0.39 is 0 Å². The molecule has 0 amide bonds. The van der Waals surface area contributed by atoms with E-state index in [4.69, 9.17) is 5.73 Å². The van der Waals surface area contributed by atoms with Crippen molar-refractivity contribution in [1.29, 1.82) is 0 Å². The zero-order valence-electron chi connectivity index (χ0n) is 8.65. The molecule has 2 rings (SSSR count). The number of benzene rings is 1. The molecule has 1 aliphatic heterocycles. The van der Waals surface area contributed by atoms with E-state index in [0.29, 0.717) is 18.5 Å². The molecule has 0 spiro atoms. The van der Waals surface area contributed by atoms with Crippen LogP contribution in [0.15, 0.2) is 29.4 Å². The Hall–Kier alpha value is -1.42. The molecular weight excluding hydrogens is 193 g/mol. The predicted octanol–water partition coefficient (Wildman–Crippen LogP) is 1.52. The molecule has 4 heteroatoms. The molecule has 1 heterocycles. The van der Waals surface area contributed by atoms with Crippen LogP contribution in [0.4, 0.5) is 4.39 Å². The molecule has 1 aromatic carbocycles. The van der Waals surface area contributed by atoms with Gasteiger partial charge in [0.15, 0.2) is 0 Å². The lowest BCUT2D eigenvalue weighted by atomic mass is 10.0. The summed E-state index contributed by atoms with van der Waals surface area (Å²) < 4.78 is 13.5. The third-order valence-corrected chi connectivity index (χ3v) is 2.68. The Balaban J connectivity index is 2.25. The summed E-state index contributed by atoms with van der Waals surface area (Å²) in [5.74, 6) is -0.178. The molecule has 2 N–H and O–H groups in total. The quantitative estimate of drug-likeness (QED) is 0.798. The van der Waals surface area contributed by atoms with Crippen molar-refractivity contribution in [3.8, 4) is 0 Å². The van der Waals surface area contributed by atoms with Crippen LogP contribution in [0.2, 0.25) is 0 Å². The van der Waals surface area contributed by atoms with Gasteiger partial charge < -0.3 is 5.73 Å². The van der Waals surface area contributed by atoms with Gasteiger partial charge in [-0.1, -0.05) is 18.2 Å². The Morgan fingerprint density at radius 2 is 2.27 bits per heavy atom. The monoisotopic (exact) mass is 207 g/mol. The van der Waals surface area contributed by atoms with Crippen LogP contribution < -0.4 is 5.73 Å². The van der Waals surface area contributed by atoms with Gasteiger partial charge in [0.2, 0.25) is 0 Å². The lowest BCUT2D eigenvalue weighted by Gasteiger charge is -2.19. The SMILES string of the molecule is CN1N=C(CN)CC1c1ccccc1F. The average Bonchev–Trinajstić information content (AvgIpc) is 2.60. The van der Waals surface area contributed by atoms with Crippen molar-refractivity contribution in [2.75, 3.05) is 13.6 Å². The summed E-state index contributed by atoms with van der Waals surface area (Å²) in [5, 5.41) is 6.04. The third-order valence-electron chi connectivity index (χ3n) is 2.68. The summed E-state index contributed by atoms with van der Waals surface area (Å²) in [5.41, 5.74) is 7.13. The van der Waals surface area contributed by atoms with Gasteiger partial charge in [0.1, 0.15) is 5.82 Å². The normalized spacial score (nSPS) is 20.6. The maximum atomic E-state index is 13.5. The highest BCUT2D eigenvalue weighted by Gasteiger charge is 2.26. The van der Waals surface area contributed by atoms with E-state index in [1.54, 1.807) is 17.1 Å². The van der Waals surface area contributed by atoms with Crippen LogP contribution in [0.3, 0.4) is 0 Å². The topological polar surface area (TPSA) is 41.6 Å².